The number of nitro benzene ring substituents is 1. The second-order valence-electron chi connectivity index (χ2n) is 4.18. The highest BCUT2D eigenvalue weighted by molar-refractivity contribution is 6.32. The van der Waals surface area contributed by atoms with E-state index in [0.717, 1.165) is 18.4 Å². The van der Waals surface area contributed by atoms with Gasteiger partial charge in [0.1, 0.15) is 5.02 Å². The number of hydrogen-bond donors (Lipinski definition) is 1. The van der Waals surface area contributed by atoms with E-state index in [2.05, 4.69) is 0 Å². The second-order valence-corrected chi connectivity index (χ2v) is 4.59. The lowest BCUT2D eigenvalue weighted by Gasteiger charge is -2.31. The van der Waals surface area contributed by atoms with Crippen LogP contribution in [0.3, 0.4) is 0 Å². The van der Waals surface area contributed by atoms with Crippen LogP contribution >= 0.6 is 11.6 Å². The van der Waals surface area contributed by atoms with Gasteiger partial charge in [-0.25, -0.2) is 0 Å². The summed E-state index contributed by atoms with van der Waals surface area (Å²) in [5.41, 5.74) is 6.80. The molecule has 2 rings (SSSR count). The minimum absolute atomic E-state index is 0.0612. The van der Waals surface area contributed by atoms with Gasteiger partial charge in [0.15, 0.2) is 0 Å². The molecule has 0 spiro atoms. The van der Waals surface area contributed by atoms with E-state index in [4.69, 9.17) is 17.3 Å². The maximum absolute atomic E-state index is 10.7. The first-order chi connectivity index (χ1) is 7.59. The fraction of sp³-hybridized carbons (Fsp3) is 0.455. The Morgan fingerprint density at radius 2 is 2.19 bits per heavy atom. The summed E-state index contributed by atoms with van der Waals surface area (Å²) in [6.45, 7) is 0. The topological polar surface area (TPSA) is 69.2 Å². The Bertz CT molecular complexity index is 418. The molecular formula is C11H13ClN2O2. The van der Waals surface area contributed by atoms with Crippen LogP contribution in [0.1, 0.15) is 30.9 Å². The van der Waals surface area contributed by atoms with Crippen molar-refractivity contribution in [3.8, 4) is 0 Å². The van der Waals surface area contributed by atoms with Crippen molar-refractivity contribution in [3.63, 3.8) is 0 Å². The fourth-order valence-corrected chi connectivity index (χ4v) is 2.13. The molecule has 0 heterocycles. The van der Waals surface area contributed by atoms with Crippen molar-refractivity contribution < 1.29 is 4.92 Å². The van der Waals surface area contributed by atoms with Gasteiger partial charge >= 0.3 is 0 Å². The third kappa shape index (κ3) is 2.03. The Kier molecular flexibility index (Phi) is 3.12. The second kappa shape index (κ2) is 4.39. The molecule has 1 aliphatic carbocycles. The molecule has 86 valence electrons. The first kappa shape index (κ1) is 11.4. The van der Waals surface area contributed by atoms with Gasteiger partial charge in [0.25, 0.3) is 5.69 Å². The fourth-order valence-electron chi connectivity index (χ4n) is 1.95. The highest BCUT2D eigenvalue weighted by Gasteiger charge is 2.27. The van der Waals surface area contributed by atoms with Crippen LogP contribution in [-0.2, 0) is 0 Å². The molecule has 2 N–H and O–H groups in total. The van der Waals surface area contributed by atoms with Crippen molar-refractivity contribution in [2.45, 2.75) is 25.3 Å². The van der Waals surface area contributed by atoms with Crippen LogP contribution in [0.25, 0.3) is 0 Å². The minimum Gasteiger partial charge on any atom is -0.324 e. The zero-order valence-electron chi connectivity index (χ0n) is 8.73. The quantitative estimate of drug-likeness (QED) is 0.652. The van der Waals surface area contributed by atoms with Gasteiger partial charge in [-0.15, -0.1) is 0 Å². The maximum Gasteiger partial charge on any atom is 0.288 e. The van der Waals surface area contributed by atoms with Crippen molar-refractivity contribution in [3.05, 3.63) is 38.9 Å². The highest BCUT2D eigenvalue weighted by atomic mass is 35.5. The SMILES string of the molecule is N[C@@H](c1ccc(Cl)c([N+](=O)[O-])c1)C1CCC1. The molecule has 0 saturated heterocycles. The van der Waals surface area contributed by atoms with Gasteiger partial charge in [0, 0.05) is 12.1 Å². The molecule has 0 aliphatic heterocycles. The lowest BCUT2D eigenvalue weighted by atomic mass is 9.77. The molecule has 4 nitrogen and oxygen atoms in total. The summed E-state index contributed by atoms with van der Waals surface area (Å²) in [4.78, 5) is 10.3. The Balaban J connectivity index is 2.27. The number of nitrogens with zero attached hydrogens (tertiary/aromatic N) is 1. The van der Waals surface area contributed by atoms with Crippen molar-refractivity contribution in [1.82, 2.24) is 0 Å². The molecule has 0 aromatic heterocycles. The van der Waals surface area contributed by atoms with Gasteiger partial charge in [-0.1, -0.05) is 24.1 Å². The van der Waals surface area contributed by atoms with E-state index in [1.165, 1.54) is 12.5 Å². The molecule has 1 atom stereocenters. The van der Waals surface area contributed by atoms with E-state index < -0.39 is 4.92 Å². The summed E-state index contributed by atoms with van der Waals surface area (Å²) in [5, 5.41) is 10.9. The lowest BCUT2D eigenvalue weighted by Crippen LogP contribution is -2.26. The van der Waals surface area contributed by atoms with Gasteiger partial charge in [-0.05, 0) is 30.4 Å². The van der Waals surface area contributed by atoms with Crippen molar-refractivity contribution in [2.75, 3.05) is 0 Å². The van der Waals surface area contributed by atoms with Crippen LogP contribution in [0, 0.1) is 16.0 Å². The summed E-state index contributed by atoms with van der Waals surface area (Å²) in [6, 6.07) is 4.71. The molecule has 1 aromatic rings. The van der Waals surface area contributed by atoms with Gasteiger partial charge in [-0.3, -0.25) is 10.1 Å². The summed E-state index contributed by atoms with van der Waals surface area (Å²) in [6.07, 6.45) is 3.42. The zero-order chi connectivity index (χ0) is 11.7. The van der Waals surface area contributed by atoms with Crippen LogP contribution in [0.4, 0.5) is 5.69 Å². The molecular weight excluding hydrogens is 228 g/mol. The van der Waals surface area contributed by atoms with E-state index in [0.29, 0.717) is 5.92 Å². The number of nitrogens with two attached hydrogens (primary N) is 1. The van der Waals surface area contributed by atoms with E-state index in [1.54, 1.807) is 12.1 Å². The van der Waals surface area contributed by atoms with Crippen LogP contribution in [0.2, 0.25) is 5.02 Å². The number of benzene rings is 1. The Morgan fingerprint density at radius 1 is 1.50 bits per heavy atom. The van der Waals surface area contributed by atoms with Gasteiger partial charge in [-0.2, -0.15) is 0 Å². The van der Waals surface area contributed by atoms with E-state index >= 15 is 0 Å². The third-order valence-electron chi connectivity index (χ3n) is 3.21. The lowest BCUT2D eigenvalue weighted by molar-refractivity contribution is -0.384. The maximum atomic E-state index is 10.7. The molecule has 0 unspecified atom stereocenters. The highest BCUT2D eigenvalue weighted by Crippen LogP contribution is 2.37. The summed E-state index contributed by atoms with van der Waals surface area (Å²) in [5.74, 6) is 0.459. The molecule has 1 fully saturated rings. The molecule has 0 amide bonds. The molecule has 1 aliphatic rings. The molecule has 16 heavy (non-hydrogen) atoms. The largest absolute Gasteiger partial charge is 0.324 e. The molecule has 0 radical (unpaired) electrons. The van der Waals surface area contributed by atoms with E-state index in [-0.39, 0.29) is 16.8 Å². The standard InChI is InChI=1S/C11H13ClN2O2/c12-9-5-4-8(6-10(9)14(15)16)11(13)7-2-1-3-7/h4-7,11H,1-3,13H2/t11-/m1/s1. The number of halogens is 1. The first-order valence-electron chi connectivity index (χ1n) is 5.29. The van der Waals surface area contributed by atoms with Gasteiger partial charge < -0.3 is 5.73 Å². The van der Waals surface area contributed by atoms with Crippen molar-refractivity contribution in [2.24, 2.45) is 11.7 Å². The molecule has 1 aromatic carbocycles. The van der Waals surface area contributed by atoms with Gasteiger partial charge in [0.05, 0.1) is 4.92 Å². The Hall–Kier alpha value is -1.13. The summed E-state index contributed by atoms with van der Waals surface area (Å²) < 4.78 is 0. The van der Waals surface area contributed by atoms with Crippen LogP contribution in [0.15, 0.2) is 18.2 Å². The zero-order valence-corrected chi connectivity index (χ0v) is 9.48. The van der Waals surface area contributed by atoms with Crippen LogP contribution in [0.5, 0.6) is 0 Å². The van der Waals surface area contributed by atoms with E-state index in [1.807, 2.05) is 0 Å². The van der Waals surface area contributed by atoms with Crippen molar-refractivity contribution in [1.29, 1.82) is 0 Å². The van der Waals surface area contributed by atoms with E-state index in [9.17, 15) is 10.1 Å². The predicted octanol–water partition coefficient (Wildman–Crippen LogP) is 3.05. The summed E-state index contributed by atoms with van der Waals surface area (Å²) >= 11 is 5.74. The summed E-state index contributed by atoms with van der Waals surface area (Å²) in [7, 11) is 0. The normalized spacial score (nSPS) is 17.9. The van der Waals surface area contributed by atoms with Crippen LogP contribution in [-0.4, -0.2) is 4.92 Å². The molecule has 0 bridgehead atoms. The average Bonchev–Trinajstić information content (AvgIpc) is 2.15. The monoisotopic (exact) mass is 240 g/mol. The minimum atomic E-state index is -0.473. The van der Waals surface area contributed by atoms with Crippen molar-refractivity contribution >= 4 is 17.3 Å². The Labute approximate surface area is 98.5 Å². The average molecular weight is 241 g/mol. The van der Waals surface area contributed by atoms with Gasteiger partial charge in [0.2, 0.25) is 0 Å². The predicted molar refractivity (Wildman–Crippen MR) is 62.4 cm³/mol. The number of rotatable bonds is 3. The smallest absolute Gasteiger partial charge is 0.288 e. The number of nitro groups is 1. The molecule has 1 saturated carbocycles. The third-order valence-corrected chi connectivity index (χ3v) is 3.53. The van der Waals surface area contributed by atoms with Crippen LogP contribution < -0.4 is 5.73 Å². The molecule has 5 heteroatoms. The first-order valence-corrected chi connectivity index (χ1v) is 5.67. The number of hydrogen-bond acceptors (Lipinski definition) is 3. The Morgan fingerprint density at radius 3 is 2.69 bits per heavy atom.